The summed E-state index contributed by atoms with van der Waals surface area (Å²) >= 11 is 0. The number of rotatable bonds is 10. The number of carboxylic acid groups (broad SMARTS) is 1. The molecule has 1 aliphatic rings. The number of unbranched alkanes of at least 4 members (excludes halogenated alkanes) is 1. The molecule has 0 aromatic heterocycles. The minimum absolute atomic E-state index is 0.265. The Bertz CT molecular complexity index is 1410. The Kier molecular flexibility index (Phi) is 7.62. The van der Waals surface area contributed by atoms with E-state index in [1.54, 1.807) is 27.0 Å². The van der Waals surface area contributed by atoms with E-state index >= 15 is 0 Å². The number of fused-ring (bicyclic) bond motifs is 3. The summed E-state index contributed by atoms with van der Waals surface area (Å²) in [6.07, 6.45) is 2.68. The van der Waals surface area contributed by atoms with Gasteiger partial charge in [-0.25, -0.2) is 13.6 Å². The molecule has 0 saturated heterocycles. The van der Waals surface area contributed by atoms with Crippen LogP contribution in [0.25, 0.3) is 11.1 Å². The van der Waals surface area contributed by atoms with Crippen LogP contribution in [0.5, 0.6) is 11.5 Å². The van der Waals surface area contributed by atoms with Gasteiger partial charge in [0.05, 0.1) is 23.8 Å². The van der Waals surface area contributed by atoms with Crippen molar-refractivity contribution in [3.05, 3.63) is 82.9 Å². The van der Waals surface area contributed by atoms with Crippen LogP contribution in [0.1, 0.15) is 61.5 Å². The SMILES string of the molecule is COc1cccc2c1-c1ccc(CS(N)(=O)=O)cc1C(c1cccc(CCCCC(C)(C)C(=O)O)c1)O2. The number of aliphatic carboxylic acids is 1. The van der Waals surface area contributed by atoms with Gasteiger partial charge in [-0.15, -0.1) is 0 Å². The van der Waals surface area contributed by atoms with Crippen molar-refractivity contribution >= 4 is 16.0 Å². The second-order valence-corrected chi connectivity index (χ2v) is 11.8. The van der Waals surface area contributed by atoms with Crippen molar-refractivity contribution in [2.75, 3.05) is 7.11 Å². The van der Waals surface area contributed by atoms with Crippen LogP contribution in [0.4, 0.5) is 0 Å². The number of hydrogen-bond donors (Lipinski definition) is 2. The lowest BCUT2D eigenvalue weighted by Crippen LogP contribution is -2.23. The number of methoxy groups -OCH3 is 1. The number of benzene rings is 3. The van der Waals surface area contributed by atoms with Crippen LogP contribution in [0.3, 0.4) is 0 Å². The molecule has 4 rings (SSSR count). The van der Waals surface area contributed by atoms with E-state index in [1.807, 2.05) is 42.5 Å². The van der Waals surface area contributed by atoms with Crippen molar-refractivity contribution in [1.29, 1.82) is 0 Å². The summed E-state index contributed by atoms with van der Waals surface area (Å²) in [4.78, 5) is 11.4. The molecule has 0 bridgehead atoms. The summed E-state index contributed by atoms with van der Waals surface area (Å²) in [5.41, 5.74) is 4.53. The van der Waals surface area contributed by atoms with Crippen LogP contribution in [-0.4, -0.2) is 26.6 Å². The highest BCUT2D eigenvalue weighted by atomic mass is 32.2. The molecule has 1 heterocycles. The Balaban J connectivity index is 1.65. The minimum atomic E-state index is -3.70. The Morgan fingerprint density at radius 2 is 1.81 bits per heavy atom. The number of hydrogen-bond acceptors (Lipinski definition) is 5. The molecule has 3 aromatic rings. The van der Waals surface area contributed by atoms with E-state index in [0.717, 1.165) is 47.1 Å². The van der Waals surface area contributed by atoms with Gasteiger partial charge in [0.1, 0.15) is 17.6 Å². The molecular weight excluding hydrogens is 490 g/mol. The van der Waals surface area contributed by atoms with Crippen LogP contribution in [0.15, 0.2) is 60.7 Å². The van der Waals surface area contributed by atoms with Crippen LogP contribution in [-0.2, 0) is 27.0 Å². The van der Waals surface area contributed by atoms with Crippen molar-refractivity contribution in [3.63, 3.8) is 0 Å². The number of carboxylic acids is 1. The monoisotopic (exact) mass is 523 g/mol. The minimum Gasteiger partial charge on any atom is -0.496 e. The molecule has 8 heteroatoms. The predicted molar refractivity (Wildman–Crippen MR) is 143 cm³/mol. The summed E-state index contributed by atoms with van der Waals surface area (Å²) in [6, 6.07) is 19.3. The molecule has 0 spiro atoms. The highest BCUT2D eigenvalue weighted by Gasteiger charge is 2.30. The zero-order valence-corrected chi connectivity index (χ0v) is 22.2. The second-order valence-electron chi connectivity index (χ2n) is 10.2. The maximum Gasteiger partial charge on any atom is 0.309 e. The van der Waals surface area contributed by atoms with Crippen molar-refractivity contribution in [1.82, 2.24) is 0 Å². The standard InChI is InChI=1S/C29H33NO6S/c1-29(2,28(31)32)15-5-4-8-19-9-6-10-21(16-19)27-23-17-20(18-37(30,33)34)13-14-22(23)26-24(35-3)11-7-12-25(26)36-27/h6-7,9-14,16-17,27H,4-5,8,15,18H2,1-3H3,(H,31,32)(H2,30,33,34). The van der Waals surface area contributed by atoms with Gasteiger partial charge in [-0.05, 0) is 67.5 Å². The average molecular weight is 524 g/mol. The van der Waals surface area contributed by atoms with Crippen LogP contribution >= 0.6 is 0 Å². The van der Waals surface area contributed by atoms with E-state index in [-0.39, 0.29) is 5.75 Å². The summed E-state index contributed by atoms with van der Waals surface area (Å²) < 4.78 is 35.7. The third-order valence-corrected chi connectivity index (χ3v) is 7.57. The van der Waals surface area contributed by atoms with E-state index in [9.17, 15) is 18.3 Å². The van der Waals surface area contributed by atoms with Gasteiger partial charge in [0.15, 0.2) is 0 Å². The van der Waals surface area contributed by atoms with Crippen molar-refractivity contribution in [2.24, 2.45) is 10.6 Å². The molecule has 0 radical (unpaired) electrons. The van der Waals surface area contributed by atoms with E-state index in [4.69, 9.17) is 14.6 Å². The lowest BCUT2D eigenvalue weighted by molar-refractivity contribution is -0.147. The highest BCUT2D eigenvalue weighted by Crippen LogP contribution is 2.49. The lowest BCUT2D eigenvalue weighted by Gasteiger charge is -2.31. The Hall–Kier alpha value is -3.36. The number of carbonyl (C=O) groups is 1. The van der Waals surface area contributed by atoms with Gasteiger partial charge in [-0.2, -0.15) is 0 Å². The average Bonchev–Trinajstić information content (AvgIpc) is 2.84. The molecule has 0 aliphatic carbocycles. The van der Waals surface area contributed by atoms with Gasteiger partial charge in [0.2, 0.25) is 10.0 Å². The second kappa shape index (κ2) is 10.6. The van der Waals surface area contributed by atoms with Crippen molar-refractivity contribution in [2.45, 2.75) is 51.4 Å². The molecular formula is C29H33NO6S. The van der Waals surface area contributed by atoms with E-state index < -0.39 is 27.5 Å². The van der Waals surface area contributed by atoms with Crippen LogP contribution in [0, 0.1) is 5.41 Å². The largest absolute Gasteiger partial charge is 0.496 e. The van der Waals surface area contributed by atoms with E-state index in [2.05, 4.69) is 12.1 Å². The van der Waals surface area contributed by atoms with Gasteiger partial charge in [0, 0.05) is 5.56 Å². The summed E-state index contributed by atoms with van der Waals surface area (Å²) in [6.45, 7) is 3.51. The smallest absolute Gasteiger partial charge is 0.309 e. The molecule has 1 atom stereocenters. The Morgan fingerprint density at radius 3 is 2.51 bits per heavy atom. The first-order chi connectivity index (χ1) is 17.5. The fraction of sp³-hybridized carbons (Fsp3) is 0.345. The normalized spacial score (nSPS) is 14.9. The van der Waals surface area contributed by atoms with Gasteiger partial charge in [0.25, 0.3) is 0 Å². The van der Waals surface area contributed by atoms with Gasteiger partial charge < -0.3 is 14.6 Å². The number of nitrogens with two attached hydrogens (primary N) is 1. The first kappa shape index (κ1) is 26.7. The summed E-state index contributed by atoms with van der Waals surface area (Å²) in [5, 5.41) is 14.7. The molecule has 7 nitrogen and oxygen atoms in total. The molecule has 0 amide bonds. The molecule has 3 N–H and O–H groups in total. The summed E-state index contributed by atoms with van der Waals surface area (Å²) in [5.74, 6) is 0.325. The molecule has 3 aromatic carbocycles. The zero-order chi connectivity index (χ0) is 26.8. The first-order valence-corrected chi connectivity index (χ1v) is 14.0. The number of primary sulfonamides is 1. The zero-order valence-electron chi connectivity index (χ0n) is 21.4. The molecule has 0 saturated carbocycles. The maximum absolute atomic E-state index is 11.8. The number of ether oxygens (including phenoxy) is 2. The van der Waals surface area contributed by atoms with Crippen LogP contribution < -0.4 is 14.6 Å². The fourth-order valence-electron chi connectivity index (χ4n) is 4.78. The highest BCUT2D eigenvalue weighted by molar-refractivity contribution is 7.88. The molecule has 1 unspecified atom stereocenters. The first-order valence-electron chi connectivity index (χ1n) is 12.3. The molecule has 37 heavy (non-hydrogen) atoms. The van der Waals surface area contributed by atoms with Gasteiger partial charge >= 0.3 is 5.97 Å². The maximum atomic E-state index is 11.8. The Morgan fingerprint density at radius 1 is 1.05 bits per heavy atom. The molecule has 0 fully saturated rings. The summed E-state index contributed by atoms with van der Waals surface area (Å²) in [7, 11) is -2.09. The van der Waals surface area contributed by atoms with Gasteiger partial charge in [-0.3, -0.25) is 4.79 Å². The van der Waals surface area contributed by atoms with Crippen LogP contribution in [0.2, 0.25) is 0 Å². The third-order valence-electron chi connectivity index (χ3n) is 6.84. The molecule has 196 valence electrons. The quantitative estimate of drug-likeness (QED) is 0.341. The third kappa shape index (κ3) is 6.14. The van der Waals surface area contributed by atoms with Crippen molar-refractivity contribution in [3.8, 4) is 22.6 Å². The van der Waals surface area contributed by atoms with Gasteiger partial charge in [-0.1, -0.05) is 55.0 Å². The topological polar surface area (TPSA) is 116 Å². The van der Waals surface area contributed by atoms with E-state index in [1.165, 1.54) is 0 Å². The lowest BCUT2D eigenvalue weighted by atomic mass is 9.86. The number of sulfonamides is 1. The number of aryl methyl sites for hydroxylation is 1. The Labute approximate surface area is 218 Å². The molecule has 1 aliphatic heterocycles. The fourth-order valence-corrected chi connectivity index (χ4v) is 5.42. The van der Waals surface area contributed by atoms with Crippen molar-refractivity contribution < 1.29 is 27.8 Å². The van der Waals surface area contributed by atoms with E-state index in [0.29, 0.717) is 23.5 Å². The predicted octanol–water partition coefficient (Wildman–Crippen LogP) is 5.46.